The van der Waals surface area contributed by atoms with Crippen LogP contribution in [0, 0.1) is 10.1 Å². The Bertz CT molecular complexity index is 1480. The maximum atomic E-state index is 12.7. The number of nitro groups is 1. The first kappa shape index (κ1) is 24.6. The molecular weight excluding hydrogens is 516 g/mol. The number of hydrogen-bond donors (Lipinski definition) is 1. The molecule has 1 aliphatic rings. The Morgan fingerprint density at radius 2 is 1.67 bits per heavy atom. The van der Waals surface area contributed by atoms with Crippen molar-refractivity contribution < 1.29 is 37.3 Å². The number of nitrogens with zero attached hydrogens (tertiary/aromatic N) is 3. The van der Waals surface area contributed by atoms with Gasteiger partial charge in [-0.15, -0.1) is 0 Å². The Labute approximate surface area is 206 Å². The molecule has 0 aliphatic carbocycles. The standard InChI is InChI=1S/C21H14N4O9S2/c26-16(11-34-17(27)10-24-19(28)14-3-1-2-4-15(14)20(24)29)23-21-22-9-18(35-21)36(32,33)13-7-5-12(6-8-13)25(30)31/h1-9H,10-11H2,(H,22,23,26). The van der Waals surface area contributed by atoms with Crippen molar-refractivity contribution in [3.05, 3.63) is 76.0 Å². The maximum absolute atomic E-state index is 12.7. The lowest BCUT2D eigenvalue weighted by atomic mass is 10.1. The van der Waals surface area contributed by atoms with Gasteiger partial charge in [-0.25, -0.2) is 13.4 Å². The monoisotopic (exact) mass is 530 g/mol. The zero-order chi connectivity index (χ0) is 26.0. The summed E-state index contributed by atoms with van der Waals surface area (Å²) in [6.45, 7) is -1.46. The number of amides is 3. The first-order valence-electron chi connectivity index (χ1n) is 9.94. The smallest absolute Gasteiger partial charge is 0.326 e. The van der Waals surface area contributed by atoms with Crippen LogP contribution in [0.1, 0.15) is 20.7 Å². The Balaban J connectivity index is 1.32. The van der Waals surface area contributed by atoms with E-state index in [0.717, 1.165) is 30.5 Å². The van der Waals surface area contributed by atoms with Crippen LogP contribution in [0.5, 0.6) is 0 Å². The Morgan fingerprint density at radius 3 is 2.25 bits per heavy atom. The molecule has 0 saturated heterocycles. The lowest BCUT2D eigenvalue weighted by Crippen LogP contribution is -2.36. The molecule has 3 aromatic rings. The highest BCUT2D eigenvalue weighted by atomic mass is 32.2. The lowest BCUT2D eigenvalue weighted by molar-refractivity contribution is -0.384. The average Bonchev–Trinajstić information content (AvgIpc) is 3.42. The number of imide groups is 1. The number of ether oxygens (including phenoxy) is 1. The van der Waals surface area contributed by atoms with E-state index in [0.29, 0.717) is 16.2 Å². The molecule has 1 aromatic heterocycles. The van der Waals surface area contributed by atoms with Crippen LogP contribution in [0.15, 0.2) is 63.8 Å². The first-order chi connectivity index (χ1) is 17.1. The topological polar surface area (TPSA) is 183 Å². The number of carbonyl (C=O) groups excluding carboxylic acids is 4. The van der Waals surface area contributed by atoms with E-state index in [9.17, 15) is 37.7 Å². The molecule has 0 bridgehead atoms. The first-order valence-corrected chi connectivity index (χ1v) is 12.2. The van der Waals surface area contributed by atoms with E-state index in [1.165, 1.54) is 12.1 Å². The largest absolute Gasteiger partial charge is 0.454 e. The summed E-state index contributed by atoms with van der Waals surface area (Å²) in [5.74, 6) is -3.14. The normalized spacial score (nSPS) is 12.8. The SMILES string of the molecule is O=C(COC(=O)CN1C(=O)c2ccccc2C1=O)Nc1ncc(S(=O)(=O)c2ccc([N+](=O)[O-])cc2)s1. The molecule has 0 unspecified atom stereocenters. The summed E-state index contributed by atoms with van der Waals surface area (Å²) < 4.78 is 30.0. The molecule has 0 spiro atoms. The Morgan fingerprint density at radius 1 is 1.06 bits per heavy atom. The number of carbonyl (C=O) groups is 4. The summed E-state index contributed by atoms with van der Waals surface area (Å²) in [7, 11) is -4.04. The number of aromatic nitrogens is 1. The van der Waals surface area contributed by atoms with Crippen LogP contribution < -0.4 is 5.32 Å². The van der Waals surface area contributed by atoms with Crippen molar-refractivity contribution in [3.8, 4) is 0 Å². The summed E-state index contributed by atoms with van der Waals surface area (Å²) in [4.78, 5) is 63.2. The number of thiazole rings is 1. The molecule has 0 fully saturated rings. The molecule has 0 saturated carbocycles. The molecule has 0 atom stereocenters. The molecule has 13 nitrogen and oxygen atoms in total. The van der Waals surface area contributed by atoms with Gasteiger partial charge in [0.15, 0.2) is 11.7 Å². The van der Waals surface area contributed by atoms with Gasteiger partial charge in [0.1, 0.15) is 10.8 Å². The fourth-order valence-electron chi connectivity index (χ4n) is 3.16. The summed E-state index contributed by atoms with van der Waals surface area (Å²) in [5.41, 5.74) is 0.0522. The minimum Gasteiger partial charge on any atom is -0.454 e. The number of benzene rings is 2. The van der Waals surface area contributed by atoms with Gasteiger partial charge in [-0.3, -0.25) is 39.5 Å². The second kappa shape index (κ2) is 9.63. The molecule has 15 heteroatoms. The van der Waals surface area contributed by atoms with Crippen molar-refractivity contribution in [1.29, 1.82) is 0 Å². The number of nitrogens with one attached hydrogen (secondary N) is 1. The number of rotatable bonds is 8. The summed E-state index contributed by atoms with van der Waals surface area (Å²) in [6.07, 6.45) is 1.01. The zero-order valence-corrected chi connectivity index (χ0v) is 19.6. The Hall–Kier alpha value is -4.50. The fraction of sp³-hybridized carbons (Fsp3) is 0.0952. The number of nitro benzene ring substituents is 1. The molecule has 1 N–H and O–H groups in total. The zero-order valence-electron chi connectivity index (χ0n) is 17.9. The highest BCUT2D eigenvalue weighted by Gasteiger charge is 2.36. The summed E-state index contributed by atoms with van der Waals surface area (Å²) in [5, 5.41) is 12.9. The predicted octanol–water partition coefficient (Wildman–Crippen LogP) is 1.66. The van der Waals surface area contributed by atoms with Gasteiger partial charge in [-0.1, -0.05) is 23.5 Å². The van der Waals surface area contributed by atoms with Crippen molar-refractivity contribution in [1.82, 2.24) is 9.88 Å². The lowest BCUT2D eigenvalue weighted by Gasteiger charge is -2.12. The van der Waals surface area contributed by atoms with Gasteiger partial charge < -0.3 is 4.74 Å². The second-order valence-corrected chi connectivity index (χ2v) is 10.4. The third kappa shape index (κ3) is 4.82. The van der Waals surface area contributed by atoms with Crippen molar-refractivity contribution >= 4 is 55.7 Å². The minimum absolute atomic E-state index is 0.100. The van der Waals surface area contributed by atoms with Gasteiger partial charge in [0.2, 0.25) is 9.84 Å². The molecule has 0 radical (unpaired) electrons. The molecule has 184 valence electrons. The predicted molar refractivity (Wildman–Crippen MR) is 122 cm³/mol. The molecule has 1 aliphatic heterocycles. The van der Waals surface area contributed by atoms with Gasteiger partial charge in [0.25, 0.3) is 23.4 Å². The van der Waals surface area contributed by atoms with Gasteiger partial charge >= 0.3 is 5.97 Å². The number of sulfone groups is 1. The minimum atomic E-state index is -4.04. The molecule has 3 amide bonds. The van der Waals surface area contributed by atoms with Gasteiger partial charge in [0.05, 0.1) is 27.1 Å². The van der Waals surface area contributed by atoms with Crippen molar-refractivity contribution in [3.63, 3.8) is 0 Å². The van der Waals surface area contributed by atoms with E-state index in [2.05, 4.69) is 10.3 Å². The quantitative estimate of drug-likeness (QED) is 0.194. The third-order valence-electron chi connectivity index (χ3n) is 4.88. The van der Waals surface area contributed by atoms with Gasteiger partial charge in [-0.05, 0) is 24.3 Å². The summed E-state index contributed by atoms with van der Waals surface area (Å²) >= 11 is 0.625. The maximum Gasteiger partial charge on any atom is 0.326 e. The van der Waals surface area contributed by atoms with Crippen LogP contribution in [0.2, 0.25) is 0 Å². The molecule has 36 heavy (non-hydrogen) atoms. The summed E-state index contributed by atoms with van der Waals surface area (Å²) in [6, 6.07) is 10.3. The van der Waals surface area contributed by atoms with Crippen LogP contribution in [0.3, 0.4) is 0 Å². The van der Waals surface area contributed by atoms with Crippen LogP contribution >= 0.6 is 11.3 Å². The van der Waals surface area contributed by atoms with E-state index < -0.39 is 51.6 Å². The van der Waals surface area contributed by atoms with Crippen LogP contribution in [-0.4, -0.2) is 60.1 Å². The van der Waals surface area contributed by atoms with Crippen molar-refractivity contribution in [2.24, 2.45) is 0 Å². The molecule has 2 aromatic carbocycles. The number of non-ortho nitro benzene ring substituents is 1. The number of hydrogen-bond acceptors (Lipinski definition) is 11. The molecular formula is C21H14N4O9S2. The van der Waals surface area contributed by atoms with Crippen LogP contribution in [-0.2, 0) is 24.2 Å². The Kier molecular flexibility index (Phi) is 6.59. The van der Waals surface area contributed by atoms with E-state index in [1.807, 2.05) is 0 Å². The highest BCUT2D eigenvalue weighted by molar-refractivity contribution is 7.93. The third-order valence-corrected chi connectivity index (χ3v) is 8.03. The van der Waals surface area contributed by atoms with Gasteiger partial charge in [-0.2, -0.15) is 0 Å². The van der Waals surface area contributed by atoms with E-state index in [-0.39, 0.29) is 31.1 Å². The fourth-order valence-corrected chi connectivity index (χ4v) is 5.61. The average molecular weight is 530 g/mol. The van der Waals surface area contributed by atoms with Crippen LogP contribution in [0.25, 0.3) is 0 Å². The molecule has 2 heterocycles. The van der Waals surface area contributed by atoms with Crippen molar-refractivity contribution in [2.75, 3.05) is 18.5 Å². The van der Waals surface area contributed by atoms with E-state index >= 15 is 0 Å². The molecule has 4 rings (SSSR count). The second-order valence-electron chi connectivity index (χ2n) is 7.19. The van der Waals surface area contributed by atoms with E-state index in [4.69, 9.17) is 4.74 Å². The number of anilines is 1. The van der Waals surface area contributed by atoms with Gasteiger partial charge in [0, 0.05) is 12.1 Å². The number of esters is 1. The highest BCUT2D eigenvalue weighted by Crippen LogP contribution is 2.29. The number of fused-ring (bicyclic) bond motifs is 1. The van der Waals surface area contributed by atoms with E-state index in [1.54, 1.807) is 12.1 Å². The van der Waals surface area contributed by atoms with Crippen LogP contribution in [0.4, 0.5) is 10.8 Å². The van der Waals surface area contributed by atoms with Crippen molar-refractivity contribution in [2.45, 2.75) is 9.10 Å².